The van der Waals surface area contributed by atoms with Crippen LogP contribution in [0.15, 0.2) is 24.4 Å². The van der Waals surface area contributed by atoms with Gasteiger partial charge in [0, 0.05) is 6.42 Å². The molecule has 0 spiro atoms. The van der Waals surface area contributed by atoms with Gasteiger partial charge in [-0.05, 0) is 11.6 Å². The van der Waals surface area contributed by atoms with E-state index in [-0.39, 0.29) is 0 Å². The number of benzene rings is 1. The molecule has 2 aromatic rings. The first-order chi connectivity index (χ1) is 7.68. The second-order valence-electron chi connectivity index (χ2n) is 3.33. The van der Waals surface area contributed by atoms with Gasteiger partial charge in [-0.15, -0.1) is 0 Å². The van der Waals surface area contributed by atoms with Gasteiger partial charge in [0.15, 0.2) is 0 Å². The first-order valence-corrected chi connectivity index (χ1v) is 5.40. The highest BCUT2D eigenvalue weighted by atomic mass is 35.5. The maximum absolute atomic E-state index is 9.85. The van der Waals surface area contributed by atoms with E-state index in [0.29, 0.717) is 22.2 Å². The average Bonchev–Trinajstić information content (AvgIpc) is 2.78. The predicted octanol–water partition coefficient (Wildman–Crippen LogP) is 2.39. The molecule has 1 atom stereocenters. The molecule has 0 saturated carbocycles. The van der Waals surface area contributed by atoms with Crippen LogP contribution < -0.4 is 0 Å². The van der Waals surface area contributed by atoms with Crippen molar-refractivity contribution in [3.8, 4) is 0 Å². The first-order valence-electron chi connectivity index (χ1n) is 4.65. The summed E-state index contributed by atoms with van der Waals surface area (Å²) in [5.74, 6) is 0. The smallest absolute Gasteiger partial charge is 0.111 e. The molecule has 1 aromatic carbocycles. The summed E-state index contributed by atoms with van der Waals surface area (Å²) in [6, 6.07) is 5.31. The number of aliphatic hydroxyl groups excluding tert-OH is 1. The second-order valence-corrected chi connectivity index (χ2v) is 4.11. The zero-order valence-corrected chi connectivity index (χ0v) is 9.70. The van der Waals surface area contributed by atoms with Crippen LogP contribution in [0.4, 0.5) is 0 Å². The van der Waals surface area contributed by atoms with Crippen molar-refractivity contribution in [3.05, 3.63) is 45.7 Å². The lowest BCUT2D eigenvalue weighted by atomic mass is 10.1. The van der Waals surface area contributed by atoms with Crippen LogP contribution in [0.5, 0.6) is 0 Å². The van der Waals surface area contributed by atoms with Gasteiger partial charge in [-0.1, -0.05) is 35.3 Å². The maximum atomic E-state index is 9.85. The van der Waals surface area contributed by atoms with E-state index in [1.165, 1.54) is 6.20 Å². The van der Waals surface area contributed by atoms with Gasteiger partial charge in [-0.3, -0.25) is 0 Å². The number of hydrogen-bond donors (Lipinski definition) is 2. The molecule has 0 aliphatic heterocycles. The van der Waals surface area contributed by atoms with E-state index in [9.17, 15) is 5.11 Å². The van der Waals surface area contributed by atoms with Gasteiger partial charge < -0.3 is 5.11 Å². The normalized spacial score (nSPS) is 12.7. The molecule has 0 aliphatic rings. The zero-order valence-electron chi connectivity index (χ0n) is 8.19. The Hall–Kier alpha value is -1.10. The molecule has 0 aliphatic carbocycles. The largest absolute Gasteiger partial charge is 0.386 e. The van der Waals surface area contributed by atoms with E-state index in [1.54, 1.807) is 12.1 Å². The maximum Gasteiger partial charge on any atom is 0.111 e. The molecular weight excluding hydrogens is 249 g/mol. The summed E-state index contributed by atoms with van der Waals surface area (Å²) >= 11 is 11.9. The molecule has 84 valence electrons. The van der Waals surface area contributed by atoms with Crippen molar-refractivity contribution in [2.24, 2.45) is 0 Å². The van der Waals surface area contributed by atoms with Gasteiger partial charge in [0.1, 0.15) is 11.8 Å². The van der Waals surface area contributed by atoms with Crippen LogP contribution in [0.25, 0.3) is 0 Å². The number of hydrogen-bond acceptors (Lipinski definition) is 3. The van der Waals surface area contributed by atoms with Crippen molar-refractivity contribution in [2.75, 3.05) is 0 Å². The number of rotatable bonds is 3. The number of H-pyrrole nitrogens is 1. The van der Waals surface area contributed by atoms with Crippen LogP contribution >= 0.6 is 23.2 Å². The van der Waals surface area contributed by atoms with Crippen LogP contribution in [0.3, 0.4) is 0 Å². The Morgan fingerprint density at radius 3 is 2.88 bits per heavy atom. The molecule has 6 heteroatoms. The standard InChI is InChI=1S/C10H9Cl2N3O/c11-7-3-1-2-6(10(7)12)4-9(16)8-5-13-15-14-8/h1-3,5,9,16H,4H2,(H,13,14,15). The highest BCUT2D eigenvalue weighted by Crippen LogP contribution is 2.28. The van der Waals surface area contributed by atoms with Crippen LogP contribution in [-0.2, 0) is 6.42 Å². The Morgan fingerprint density at radius 2 is 2.19 bits per heavy atom. The molecule has 0 saturated heterocycles. The zero-order chi connectivity index (χ0) is 11.5. The lowest BCUT2D eigenvalue weighted by Crippen LogP contribution is -2.03. The van der Waals surface area contributed by atoms with Gasteiger partial charge in [-0.2, -0.15) is 15.4 Å². The molecule has 0 bridgehead atoms. The van der Waals surface area contributed by atoms with Gasteiger partial charge in [0.2, 0.25) is 0 Å². The minimum atomic E-state index is -0.741. The Bertz CT molecular complexity index is 473. The third kappa shape index (κ3) is 2.35. The van der Waals surface area contributed by atoms with Crippen molar-refractivity contribution in [3.63, 3.8) is 0 Å². The van der Waals surface area contributed by atoms with E-state index < -0.39 is 6.10 Å². The fourth-order valence-corrected chi connectivity index (χ4v) is 1.79. The summed E-state index contributed by atoms with van der Waals surface area (Å²) in [6.07, 6.45) is 1.09. The summed E-state index contributed by atoms with van der Waals surface area (Å²) in [4.78, 5) is 0. The quantitative estimate of drug-likeness (QED) is 0.888. The van der Waals surface area contributed by atoms with Crippen LogP contribution in [0.1, 0.15) is 17.4 Å². The Kier molecular flexibility index (Phi) is 3.43. The number of aromatic nitrogens is 3. The topological polar surface area (TPSA) is 61.8 Å². The Balaban J connectivity index is 2.18. The van der Waals surface area contributed by atoms with Crippen LogP contribution in [0.2, 0.25) is 10.0 Å². The van der Waals surface area contributed by atoms with Gasteiger partial charge >= 0.3 is 0 Å². The van der Waals surface area contributed by atoms with E-state index >= 15 is 0 Å². The minimum Gasteiger partial charge on any atom is -0.386 e. The van der Waals surface area contributed by atoms with Gasteiger partial charge in [-0.25, -0.2) is 0 Å². The Morgan fingerprint density at radius 1 is 1.38 bits per heavy atom. The molecule has 2 N–H and O–H groups in total. The number of halogens is 2. The molecule has 4 nitrogen and oxygen atoms in total. The fourth-order valence-electron chi connectivity index (χ4n) is 1.39. The third-order valence-corrected chi connectivity index (χ3v) is 3.08. The minimum absolute atomic E-state index is 0.353. The van der Waals surface area contributed by atoms with Crippen LogP contribution in [-0.4, -0.2) is 20.5 Å². The van der Waals surface area contributed by atoms with Crippen molar-refractivity contribution in [2.45, 2.75) is 12.5 Å². The molecule has 1 aromatic heterocycles. The highest BCUT2D eigenvalue weighted by molar-refractivity contribution is 6.42. The lowest BCUT2D eigenvalue weighted by molar-refractivity contribution is 0.173. The first kappa shape index (κ1) is 11.4. The van der Waals surface area contributed by atoms with Crippen molar-refractivity contribution < 1.29 is 5.11 Å². The van der Waals surface area contributed by atoms with E-state index in [4.69, 9.17) is 23.2 Å². The molecule has 0 amide bonds. The van der Waals surface area contributed by atoms with Crippen molar-refractivity contribution in [1.29, 1.82) is 0 Å². The molecule has 0 radical (unpaired) electrons. The molecule has 2 rings (SSSR count). The number of aromatic amines is 1. The van der Waals surface area contributed by atoms with E-state index in [0.717, 1.165) is 5.56 Å². The molecule has 1 unspecified atom stereocenters. The summed E-state index contributed by atoms with van der Waals surface area (Å²) in [5, 5.41) is 20.7. The summed E-state index contributed by atoms with van der Waals surface area (Å²) in [5.41, 5.74) is 1.26. The number of aliphatic hydroxyl groups is 1. The third-order valence-electron chi connectivity index (χ3n) is 2.22. The molecule has 16 heavy (non-hydrogen) atoms. The van der Waals surface area contributed by atoms with Gasteiger partial charge in [0.05, 0.1) is 16.2 Å². The Labute approximate surface area is 102 Å². The molecule has 0 fully saturated rings. The van der Waals surface area contributed by atoms with E-state index in [1.807, 2.05) is 6.07 Å². The molecular formula is C10H9Cl2N3O. The fraction of sp³-hybridized carbons (Fsp3) is 0.200. The van der Waals surface area contributed by atoms with Crippen LogP contribution in [0, 0.1) is 0 Å². The predicted molar refractivity (Wildman–Crippen MR) is 61.5 cm³/mol. The second kappa shape index (κ2) is 4.82. The molecule has 1 heterocycles. The van der Waals surface area contributed by atoms with Crippen molar-refractivity contribution >= 4 is 23.2 Å². The summed E-state index contributed by atoms with van der Waals surface area (Å²) < 4.78 is 0. The summed E-state index contributed by atoms with van der Waals surface area (Å²) in [6.45, 7) is 0. The number of nitrogens with one attached hydrogen (secondary N) is 1. The SMILES string of the molecule is OC(Cc1cccc(Cl)c1Cl)c1cn[nH]n1. The van der Waals surface area contributed by atoms with Crippen molar-refractivity contribution in [1.82, 2.24) is 15.4 Å². The average molecular weight is 258 g/mol. The van der Waals surface area contributed by atoms with Gasteiger partial charge in [0.25, 0.3) is 0 Å². The highest BCUT2D eigenvalue weighted by Gasteiger charge is 2.14. The monoisotopic (exact) mass is 257 g/mol. The number of nitrogens with zero attached hydrogens (tertiary/aromatic N) is 2. The van der Waals surface area contributed by atoms with E-state index in [2.05, 4.69) is 15.4 Å². The lowest BCUT2D eigenvalue weighted by Gasteiger charge is -2.09. The summed E-state index contributed by atoms with van der Waals surface area (Å²) in [7, 11) is 0.